The Balaban J connectivity index is 2.89. The second-order valence-corrected chi connectivity index (χ2v) is 3.48. The standard InChI is InChI=1S/C11H11F2NO3/c1-6-2-3-7(13)4-8(6)10(15)14-9(5-12)11(16)17/h2-4,9H,5H2,1H3,(H,14,15)(H,16,17). The van der Waals surface area contributed by atoms with E-state index in [0.717, 1.165) is 6.07 Å². The molecule has 0 aliphatic rings. The molecule has 0 radical (unpaired) electrons. The van der Waals surface area contributed by atoms with Gasteiger partial charge in [-0.1, -0.05) is 6.07 Å². The molecule has 1 aromatic carbocycles. The summed E-state index contributed by atoms with van der Waals surface area (Å²) >= 11 is 0. The molecule has 1 amide bonds. The van der Waals surface area contributed by atoms with Crippen LogP contribution in [-0.2, 0) is 4.79 Å². The number of hydrogen-bond acceptors (Lipinski definition) is 2. The van der Waals surface area contributed by atoms with Gasteiger partial charge in [0.1, 0.15) is 12.5 Å². The zero-order chi connectivity index (χ0) is 13.0. The first-order chi connectivity index (χ1) is 7.95. The van der Waals surface area contributed by atoms with E-state index >= 15 is 0 Å². The van der Waals surface area contributed by atoms with Gasteiger partial charge < -0.3 is 10.4 Å². The number of carboxylic acid groups (broad SMARTS) is 1. The largest absolute Gasteiger partial charge is 0.480 e. The number of rotatable bonds is 4. The fraction of sp³-hybridized carbons (Fsp3) is 0.273. The van der Waals surface area contributed by atoms with Gasteiger partial charge in [0.2, 0.25) is 0 Å². The van der Waals surface area contributed by atoms with E-state index in [1.165, 1.54) is 12.1 Å². The molecule has 0 aromatic heterocycles. The van der Waals surface area contributed by atoms with Gasteiger partial charge in [0.15, 0.2) is 6.04 Å². The van der Waals surface area contributed by atoms with Gasteiger partial charge in [-0.15, -0.1) is 0 Å². The minimum absolute atomic E-state index is 0.00954. The molecule has 0 heterocycles. The van der Waals surface area contributed by atoms with Crippen LogP contribution in [0.3, 0.4) is 0 Å². The normalized spacial score (nSPS) is 11.9. The zero-order valence-corrected chi connectivity index (χ0v) is 9.04. The lowest BCUT2D eigenvalue weighted by molar-refractivity contribution is -0.139. The highest BCUT2D eigenvalue weighted by molar-refractivity contribution is 5.97. The highest BCUT2D eigenvalue weighted by Gasteiger charge is 2.21. The Morgan fingerprint density at radius 2 is 2.12 bits per heavy atom. The summed E-state index contributed by atoms with van der Waals surface area (Å²) in [4.78, 5) is 22.1. The van der Waals surface area contributed by atoms with E-state index in [-0.39, 0.29) is 5.56 Å². The van der Waals surface area contributed by atoms with Crippen LogP contribution in [0, 0.1) is 12.7 Å². The number of aliphatic carboxylic acids is 1. The number of nitrogens with one attached hydrogen (secondary N) is 1. The molecule has 0 aliphatic heterocycles. The number of carboxylic acids is 1. The quantitative estimate of drug-likeness (QED) is 0.837. The molecule has 0 saturated carbocycles. The predicted molar refractivity (Wildman–Crippen MR) is 56.0 cm³/mol. The molecule has 0 saturated heterocycles. The number of aryl methyl sites for hydroxylation is 1. The first-order valence-corrected chi connectivity index (χ1v) is 4.81. The monoisotopic (exact) mass is 243 g/mol. The fourth-order valence-corrected chi connectivity index (χ4v) is 1.24. The SMILES string of the molecule is Cc1ccc(F)cc1C(=O)NC(CF)C(=O)O. The molecule has 17 heavy (non-hydrogen) atoms. The van der Waals surface area contributed by atoms with E-state index in [0.29, 0.717) is 5.56 Å². The number of carbonyl (C=O) groups is 2. The van der Waals surface area contributed by atoms with Crippen molar-refractivity contribution in [1.82, 2.24) is 5.32 Å². The van der Waals surface area contributed by atoms with Crippen LogP contribution in [0.1, 0.15) is 15.9 Å². The third-order valence-corrected chi connectivity index (χ3v) is 2.20. The lowest BCUT2D eigenvalue weighted by atomic mass is 10.1. The Hall–Kier alpha value is -1.98. The second kappa shape index (κ2) is 5.38. The Kier molecular flexibility index (Phi) is 4.14. The van der Waals surface area contributed by atoms with E-state index in [9.17, 15) is 18.4 Å². The minimum Gasteiger partial charge on any atom is -0.480 e. The van der Waals surface area contributed by atoms with Crippen LogP contribution >= 0.6 is 0 Å². The van der Waals surface area contributed by atoms with Crippen molar-refractivity contribution < 1.29 is 23.5 Å². The van der Waals surface area contributed by atoms with Crippen molar-refractivity contribution >= 4 is 11.9 Å². The molecule has 0 aliphatic carbocycles. The van der Waals surface area contributed by atoms with Crippen LogP contribution in [0.15, 0.2) is 18.2 Å². The highest BCUT2D eigenvalue weighted by Crippen LogP contribution is 2.10. The van der Waals surface area contributed by atoms with Crippen molar-refractivity contribution in [1.29, 1.82) is 0 Å². The predicted octanol–water partition coefficient (Wildman–Crippen LogP) is 1.29. The lowest BCUT2D eigenvalue weighted by Crippen LogP contribution is -2.42. The van der Waals surface area contributed by atoms with Crippen LogP contribution < -0.4 is 5.32 Å². The second-order valence-electron chi connectivity index (χ2n) is 3.48. The van der Waals surface area contributed by atoms with Gasteiger partial charge in [-0.25, -0.2) is 13.6 Å². The molecule has 1 rings (SSSR count). The number of benzene rings is 1. The van der Waals surface area contributed by atoms with Gasteiger partial charge in [0.05, 0.1) is 0 Å². The Labute approximate surface area is 96.3 Å². The van der Waals surface area contributed by atoms with Crippen LogP contribution in [0.4, 0.5) is 8.78 Å². The van der Waals surface area contributed by atoms with E-state index in [1.54, 1.807) is 6.92 Å². The molecule has 0 fully saturated rings. The van der Waals surface area contributed by atoms with Crippen molar-refractivity contribution in [3.05, 3.63) is 35.1 Å². The first kappa shape index (κ1) is 13.1. The third kappa shape index (κ3) is 3.24. The van der Waals surface area contributed by atoms with Crippen LogP contribution in [0.25, 0.3) is 0 Å². The fourth-order valence-electron chi connectivity index (χ4n) is 1.24. The average molecular weight is 243 g/mol. The summed E-state index contributed by atoms with van der Waals surface area (Å²) in [6.45, 7) is 0.342. The van der Waals surface area contributed by atoms with Crippen molar-refractivity contribution in [2.45, 2.75) is 13.0 Å². The van der Waals surface area contributed by atoms with Crippen molar-refractivity contribution in [2.75, 3.05) is 6.67 Å². The molecule has 92 valence electrons. The number of halogens is 2. The van der Waals surface area contributed by atoms with Gasteiger partial charge in [-0.3, -0.25) is 4.79 Å². The molecule has 4 nitrogen and oxygen atoms in total. The summed E-state index contributed by atoms with van der Waals surface area (Å²) in [5.74, 6) is -2.91. The minimum atomic E-state index is -1.62. The zero-order valence-electron chi connectivity index (χ0n) is 9.04. The number of alkyl halides is 1. The van der Waals surface area contributed by atoms with Crippen LogP contribution in [-0.4, -0.2) is 29.7 Å². The maximum absolute atomic E-state index is 12.9. The Bertz CT molecular complexity index is 448. The van der Waals surface area contributed by atoms with Gasteiger partial charge in [-0.2, -0.15) is 0 Å². The average Bonchev–Trinajstić information content (AvgIpc) is 2.28. The molecule has 2 N–H and O–H groups in total. The summed E-state index contributed by atoms with van der Waals surface area (Å²) in [6, 6.07) is 1.91. The third-order valence-electron chi connectivity index (χ3n) is 2.20. The van der Waals surface area contributed by atoms with Gasteiger partial charge >= 0.3 is 5.97 Å². The summed E-state index contributed by atoms with van der Waals surface area (Å²) in [7, 11) is 0. The topological polar surface area (TPSA) is 66.4 Å². The molecule has 1 unspecified atom stereocenters. The van der Waals surface area contributed by atoms with E-state index < -0.39 is 30.4 Å². The van der Waals surface area contributed by atoms with Crippen molar-refractivity contribution in [2.24, 2.45) is 0 Å². The highest BCUT2D eigenvalue weighted by atomic mass is 19.1. The number of carbonyl (C=O) groups excluding carboxylic acids is 1. The van der Waals surface area contributed by atoms with Crippen LogP contribution in [0.2, 0.25) is 0 Å². The molecule has 0 spiro atoms. The summed E-state index contributed by atoms with van der Waals surface area (Å²) in [5.41, 5.74) is 0.469. The molecule has 6 heteroatoms. The van der Waals surface area contributed by atoms with E-state index in [1.807, 2.05) is 5.32 Å². The molecular formula is C11H11F2NO3. The maximum Gasteiger partial charge on any atom is 0.328 e. The van der Waals surface area contributed by atoms with E-state index in [4.69, 9.17) is 5.11 Å². The van der Waals surface area contributed by atoms with Gasteiger partial charge in [-0.05, 0) is 24.6 Å². The Morgan fingerprint density at radius 1 is 1.47 bits per heavy atom. The van der Waals surface area contributed by atoms with Gasteiger partial charge in [0.25, 0.3) is 5.91 Å². The van der Waals surface area contributed by atoms with Crippen molar-refractivity contribution in [3.63, 3.8) is 0 Å². The first-order valence-electron chi connectivity index (χ1n) is 4.81. The van der Waals surface area contributed by atoms with E-state index in [2.05, 4.69) is 0 Å². The van der Waals surface area contributed by atoms with Crippen LogP contribution in [0.5, 0.6) is 0 Å². The summed E-state index contributed by atoms with van der Waals surface area (Å²) < 4.78 is 25.2. The lowest BCUT2D eigenvalue weighted by Gasteiger charge is -2.12. The molecule has 0 bridgehead atoms. The Morgan fingerprint density at radius 3 is 2.65 bits per heavy atom. The maximum atomic E-state index is 12.9. The molecular weight excluding hydrogens is 232 g/mol. The summed E-state index contributed by atoms with van der Waals surface area (Å²) in [5, 5.41) is 10.5. The molecule has 1 aromatic rings. The molecule has 1 atom stereocenters. The number of hydrogen-bond donors (Lipinski definition) is 2. The summed E-state index contributed by atoms with van der Waals surface area (Å²) in [6.07, 6.45) is 0. The van der Waals surface area contributed by atoms with Gasteiger partial charge in [0, 0.05) is 5.56 Å². The van der Waals surface area contributed by atoms with Crippen molar-refractivity contribution in [3.8, 4) is 0 Å². The number of amides is 1. The smallest absolute Gasteiger partial charge is 0.328 e.